The summed E-state index contributed by atoms with van der Waals surface area (Å²) < 4.78 is 0. The van der Waals surface area contributed by atoms with Crippen LogP contribution >= 0.6 is 0 Å². The number of nitrogens with two attached hydrogens (primary N) is 3. The van der Waals surface area contributed by atoms with Crippen LogP contribution < -0.4 is 86.3 Å². The number of aliphatic hydroxyl groups is 3. The lowest BCUT2D eigenvalue weighted by atomic mass is 9.95. The highest BCUT2D eigenvalue weighted by Gasteiger charge is 2.46. The number of carboxylic acids is 1. The zero-order valence-corrected chi connectivity index (χ0v) is 69.5. The van der Waals surface area contributed by atoms with Crippen LogP contribution in [0.1, 0.15) is 181 Å². The second-order valence-corrected chi connectivity index (χ2v) is 32.3. The molecular weight excluding hydrogens is 1520 g/mol. The minimum atomic E-state index is -1.69. The summed E-state index contributed by atoms with van der Waals surface area (Å²) in [7, 11) is 0. The van der Waals surface area contributed by atoms with E-state index in [-0.39, 0.29) is 102 Å². The van der Waals surface area contributed by atoms with Gasteiger partial charge in [-0.05, 0) is 113 Å². The third-order valence-electron chi connectivity index (χ3n) is 20.6. The van der Waals surface area contributed by atoms with Gasteiger partial charge >= 0.3 is 5.97 Å². The van der Waals surface area contributed by atoms with Gasteiger partial charge in [0.15, 0.2) is 5.96 Å². The van der Waals surface area contributed by atoms with Gasteiger partial charge < -0.3 is 121 Å². The summed E-state index contributed by atoms with van der Waals surface area (Å²) in [6.45, 7) is 22.0. The first-order chi connectivity index (χ1) is 54.2. The van der Waals surface area contributed by atoms with Crippen LogP contribution in [0.25, 0.3) is 0 Å². The molecule has 656 valence electrons. The fraction of sp³-hybridized carbons (Fsp3) is 0.760. The molecule has 116 heavy (non-hydrogen) atoms. The maximum atomic E-state index is 14.7. The van der Waals surface area contributed by atoms with Gasteiger partial charge in [-0.3, -0.25) is 86.9 Å². The largest absolute Gasteiger partial charge is 0.480 e. The highest BCUT2D eigenvalue weighted by Crippen LogP contribution is 2.25. The Hall–Kier alpha value is -9.90. The molecule has 0 spiro atoms. The van der Waals surface area contributed by atoms with Gasteiger partial charge in [-0.1, -0.05) is 103 Å². The maximum absolute atomic E-state index is 14.7. The van der Waals surface area contributed by atoms with Gasteiger partial charge in [0.25, 0.3) is 0 Å². The van der Waals surface area contributed by atoms with E-state index in [0.717, 1.165) is 9.80 Å². The predicted octanol–water partition coefficient (Wildman–Crippen LogP) is -5.91. The number of carbonyl (C=O) groups excluding carboxylic acids is 16. The molecule has 16 amide bonds. The van der Waals surface area contributed by atoms with Crippen LogP contribution in [0, 0.1) is 46.8 Å². The van der Waals surface area contributed by atoms with E-state index in [0.29, 0.717) is 6.42 Å². The minimum absolute atomic E-state index is 0.0191. The molecule has 3 aliphatic heterocycles. The van der Waals surface area contributed by atoms with Crippen LogP contribution in [0.4, 0.5) is 0 Å². The second kappa shape index (κ2) is 48.0. The van der Waals surface area contributed by atoms with Gasteiger partial charge in [0.2, 0.25) is 94.5 Å². The van der Waals surface area contributed by atoms with Gasteiger partial charge in [-0.15, -0.1) is 0 Å². The molecular formula is C75H130N20O21. The molecule has 3 fully saturated rings. The minimum Gasteiger partial charge on any atom is -0.480 e. The van der Waals surface area contributed by atoms with E-state index in [1.807, 2.05) is 0 Å². The average molecular weight is 1650 g/mol. The van der Waals surface area contributed by atoms with Gasteiger partial charge in [-0.25, -0.2) is 0 Å². The molecule has 0 unspecified atom stereocenters. The lowest BCUT2D eigenvalue weighted by molar-refractivity contribution is -0.145. The maximum Gasteiger partial charge on any atom is 0.322 e. The van der Waals surface area contributed by atoms with Crippen molar-refractivity contribution < 1.29 is 102 Å². The van der Waals surface area contributed by atoms with Gasteiger partial charge in [0.1, 0.15) is 97.2 Å². The number of carboxylic acid groups (broad SMARTS) is 1. The van der Waals surface area contributed by atoms with E-state index in [9.17, 15) is 96.8 Å². The quantitative estimate of drug-likeness (QED) is 0.0153. The van der Waals surface area contributed by atoms with Crippen molar-refractivity contribution in [2.45, 2.75) is 278 Å². The smallest absolute Gasteiger partial charge is 0.322 e. The third kappa shape index (κ3) is 30.3. The molecule has 3 saturated heterocycles. The van der Waals surface area contributed by atoms with Crippen molar-refractivity contribution >= 4 is 106 Å². The first kappa shape index (κ1) is 100. The fourth-order valence-corrected chi connectivity index (χ4v) is 13.7. The van der Waals surface area contributed by atoms with E-state index < -0.39 is 259 Å². The monoisotopic (exact) mass is 1650 g/mol. The Morgan fingerprint density at radius 3 is 1.17 bits per heavy atom. The summed E-state index contributed by atoms with van der Waals surface area (Å²) in [5.41, 5.74) is 16.6. The molecule has 3 heterocycles. The van der Waals surface area contributed by atoms with Gasteiger partial charge in [-0.2, -0.15) is 0 Å². The first-order valence-corrected chi connectivity index (χ1v) is 40.0. The highest BCUT2D eigenvalue weighted by atomic mass is 16.4. The van der Waals surface area contributed by atoms with Crippen LogP contribution in [0.15, 0.2) is 0 Å². The van der Waals surface area contributed by atoms with Crippen molar-refractivity contribution in [1.82, 2.24) is 83.8 Å². The number of amides is 16. The van der Waals surface area contributed by atoms with E-state index in [2.05, 4.69) is 69.1 Å². The topological polar surface area (TPSA) is 639 Å². The number of nitrogens with zero attached hydrogens (tertiary/aromatic N) is 3. The molecule has 3 rings (SSSR count). The van der Waals surface area contributed by atoms with E-state index in [1.165, 1.54) is 11.8 Å². The predicted molar refractivity (Wildman–Crippen MR) is 421 cm³/mol. The Kier molecular flexibility index (Phi) is 41.5. The van der Waals surface area contributed by atoms with E-state index in [4.69, 9.17) is 27.7 Å². The van der Waals surface area contributed by atoms with Crippen molar-refractivity contribution in [1.29, 1.82) is 5.41 Å². The van der Waals surface area contributed by atoms with Crippen molar-refractivity contribution in [2.75, 3.05) is 45.9 Å². The molecule has 41 nitrogen and oxygen atoms in total. The Morgan fingerprint density at radius 1 is 0.422 bits per heavy atom. The molecule has 0 aromatic heterocycles. The van der Waals surface area contributed by atoms with Crippen molar-refractivity contribution in [3.05, 3.63) is 0 Å². The van der Waals surface area contributed by atoms with Crippen LogP contribution in [0.2, 0.25) is 0 Å². The molecule has 0 bridgehead atoms. The lowest BCUT2D eigenvalue weighted by Crippen LogP contribution is -2.63. The van der Waals surface area contributed by atoms with Crippen molar-refractivity contribution in [2.24, 2.45) is 58.6 Å². The van der Waals surface area contributed by atoms with Crippen LogP contribution in [0.3, 0.4) is 0 Å². The number of rotatable bonds is 47. The normalized spacial score (nSPS) is 19.1. The Bertz CT molecular complexity index is 3450. The molecule has 3 aliphatic rings. The Morgan fingerprint density at radius 2 is 0.784 bits per heavy atom. The number of aliphatic hydroxyl groups excluding tert-OH is 3. The van der Waals surface area contributed by atoms with Gasteiger partial charge in [0.05, 0.1) is 19.3 Å². The Balaban J connectivity index is 1.79. The number of carbonyl (C=O) groups is 17. The highest BCUT2D eigenvalue weighted by molar-refractivity contribution is 6.01. The number of primary amides is 1. The van der Waals surface area contributed by atoms with E-state index >= 15 is 0 Å². The molecule has 41 heteroatoms. The summed E-state index contributed by atoms with van der Waals surface area (Å²) in [6.07, 6.45) is -0.621. The zero-order valence-electron chi connectivity index (χ0n) is 69.5. The summed E-state index contributed by atoms with van der Waals surface area (Å²) >= 11 is 0. The molecule has 0 aliphatic carbocycles. The average Bonchev–Trinajstić information content (AvgIpc) is 1.61. The van der Waals surface area contributed by atoms with Crippen LogP contribution in [0.5, 0.6) is 0 Å². The molecule has 17 atom stereocenters. The second-order valence-electron chi connectivity index (χ2n) is 32.3. The number of aliphatic carboxylic acids is 1. The van der Waals surface area contributed by atoms with Gasteiger partial charge in [0, 0.05) is 32.6 Å². The lowest BCUT2D eigenvalue weighted by Gasteiger charge is -2.33. The summed E-state index contributed by atoms with van der Waals surface area (Å²) in [4.78, 5) is 238. The number of likely N-dealkylation sites (tertiary alicyclic amines) is 3. The molecule has 0 aromatic carbocycles. The SMILES string of the molecule is CC[C@H](C)[C@H](NC(=O)[C@@H](NC(=O)[C@@H](NC(=O)[C@H](CCCNC(=N)N)NC(=O)[C@@H](N)CO)C(C)C)C(C)C)C(=O)N[C@@H](CCC(N)=O)C(=O)N1CCC[C@H]1C(=O)N[C@@H](CO)C(=O)N1CCC[C@H]1C(=O)N[C@H](C(=O)N[C@H](C(=O)N[C@H](C(=O)N[C@H](C(=O)N[C@@H](CC(C)C)C(=O)N1CCC[C@H]1C(=O)NCC(=O)O)[C@@H](C)O)C(C)C)C(C)C)C(C)C. The summed E-state index contributed by atoms with van der Waals surface area (Å²) in [5.74, 6) is -19.2. The first-order valence-electron chi connectivity index (χ1n) is 40.0. The molecule has 0 radical (unpaired) electrons. The number of hydrogen-bond donors (Lipinski definition) is 21. The summed E-state index contributed by atoms with van der Waals surface area (Å²) in [6, 6.07) is -20.6. The standard InChI is InChI=1S/C75H130N20O21/c1-16-41(14)58(91-68(110)56(39(10)11)89-65(107)53(36(4)5)86-61(103)44(21-17-27-80-75(78)79)82-60(102)43(76)33-96)70(112)83-45(25-26-51(77)99)72(114)94-29-19-23-49(94)63(105)85-47(34-97)74(116)95-30-20-24-50(95)64(106)87-54(37(6)7)66(108)88-55(38(8)9)67(109)90-57(40(12)13)69(111)92-59(42(15)98)71(113)84-46(31-35(2)3)73(115)93-28-18-22-48(93)62(104)81-32-52(100)101/h35-50,53-59,96-98H,16-34,76H2,1-15H3,(H2,77,99)(H,81,104)(H,82,102)(H,83,112)(H,84,113)(H,85,105)(H,86,103)(H,87,106)(H,88,108)(H,89,107)(H,90,109)(H,91,110)(H,92,111)(H,100,101)(H4,78,79,80)/t41-,42+,43-,44-,45-,46-,47-,48-,49-,50-,53-,54-,55-,56-,57-,58-,59-/m0/s1. The molecule has 0 aromatic rings. The molecule has 24 N–H and O–H groups in total. The summed E-state index contributed by atoms with van der Waals surface area (Å²) in [5, 5.41) is 81.2. The zero-order chi connectivity index (χ0) is 88.0. The third-order valence-corrected chi connectivity index (χ3v) is 20.6. The van der Waals surface area contributed by atoms with Crippen molar-refractivity contribution in [3.63, 3.8) is 0 Å². The van der Waals surface area contributed by atoms with Crippen LogP contribution in [-0.2, 0) is 81.5 Å². The molecule has 0 saturated carbocycles. The fourth-order valence-electron chi connectivity index (χ4n) is 13.7. The number of hydrogen-bond acceptors (Lipinski definition) is 22. The van der Waals surface area contributed by atoms with Crippen molar-refractivity contribution in [3.8, 4) is 0 Å². The Labute approximate surface area is 677 Å². The number of nitrogens with one attached hydrogen (secondary N) is 14. The van der Waals surface area contributed by atoms with Crippen LogP contribution in [-0.4, -0.2) is 284 Å². The van der Waals surface area contributed by atoms with E-state index in [1.54, 1.807) is 96.9 Å². The number of guanidine groups is 1.